The van der Waals surface area contributed by atoms with Gasteiger partial charge in [-0.05, 0) is 149 Å². The fraction of sp³-hybridized carbons (Fsp3) is 0.134. The molecule has 9 nitrogen and oxygen atoms in total. The lowest BCUT2D eigenvalue weighted by molar-refractivity contribution is 0.465. The second-order valence-electron chi connectivity index (χ2n) is 33.8. The van der Waals surface area contributed by atoms with E-state index in [1.807, 2.05) is 0 Å². The minimum Gasteiger partial charge on any atom is -0.458 e. The van der Waals surface area contributed by atoms with Gasteiger partial charge in [-0.15, -0.1) is 0 Å². The maximum atomic E-state index is 7.69. The molecule has 110 heavy (non-hydrogen) atoms. The number of fused-ring (bicyclic) bond motifs is 21. The van der Waals surface area contributed by atoms with E-state index in [9.17, 15) is 0 Å². The molecule has 1 N–H and O–H groups in total. The largest absolute Gasteiger partial charge is 0.458 e. The van der Waals surface area contributed by atoms with Crippen molar-refractivity contribution in [2.24, 2.45) is 0 Å². The molecule has 17 aromatic rings. The molecule has 526 valence electrons. The number of benzene rings is 14. The Balaban J connectivity index is 0.743. The monoisotopic (exact) mass is 1440 g/mol. The van der Waals surface area contributed by atoms with Gasteiger partial charge in [-0.25, -0.2) is 0 Å². The van der Waals surface area contributed by atoms with Gasteiger partial charge in [-0.2, -0.15) is 0 Å². The van der Waals surface area contributed by atoms with Gasteiger partial charge in [0.15, 0.2) is 0 Å². The van der Waals surface area contributed by atoms with Crippen LogP contribution in [-0.2, 0) is 16.2 Å². The van der Waals surface area contributed by atoms with Crippen molar-refractivity contribution in [3.05, 3.63) is 265 Å². The quantitative estimate of drug-likeness (QED) is 0.133. The first-order valence-corrected chi connectivity index (χ1v) is 39.5. The summed E-state index contributed by atoms with van der Waals surface area (Å²) in [6, 6.07) is 91.2. The van der Waals surface area contributed by atoms with Crippen LogP contribution in [0.1, 0.15) is 79.0 Å². The molecular weight excluding hydrogens is 1370 g/mol. The van der Waals surface area contributed by atoms with Crippen molar-refractivity contribution in [3.8, 4) is 67.9 Å². The molecule has 0 saturated heterocycles. The maximum absolute atomic E-state index is 7.69. The van der Waals surface area contributed by atoms with Crippen molar-refractivity contribution in [2.75, 3.05) is 20.8 Å². The summed E-state index contributed by atoms with van der Waals surface area (Å²) < 4.78 is 46.4. The van der Waals surface area contributed by atoms with E-state index < -0.39 is 0 Å². The van der Waals surface area contributed by atoms with Crippen LogP contribution in [0.3, 0.4) is 0 Å². The van der Waals surface area contributed by atoms with Crippen LogP contribution in [0.5, 0.6) is 34.5 Å². The normalized spacial score (nSPS) is 14.1. The number of para-hydroxylation sites is 9. The summed E-state index contributed by atoms with van der Waals surface area (Å²) in [5, 5.41) is 10.7. The molecule has 0 spiro atoms. The van der Waals surface area contributed by atoms with Gasteiger partial charge < -0.3 is 37.7 Å². The van der Waals surface area contributed by atoms with Crippen LogP contribution in [0.25, 0.3) is 99.2 Å². The third kappa shape index (κ3) is 8.98. The van der Waals surface area contributed by atoms with Gasteiger partial charge in [0.1, 0.15) is 68.0 Å². The predicted octanol–water partition coefficient (Wildman–Crippen LogP) is 20.7. The minimum absolute atomic E-state index is 0.127. The van der Waals surface area contributed by atoms with Crippen LogP contribution in [0, 0.1) is 0 Å². The van der Waals surface area contributed by atoms with Gasteiger partial charge >= 0.3 is 0 Å². The van der Waals surface area contributed by atoms with Crippen molar-refractivity contribution in [3.63, 3.8) is 0 Å². The number of hydrogen-bond acceptors (Lipinski definition) is 10. The molecule has 13 heteroatoms. The average molecular weight is 1440 g/mol. The van der Waals surface area contributed by atoms with Crippen molar-refractivity contribution in [2.45, 2.75) is 78.6 Å². The molecule has 6 aliphatic rings. The standard InChI is InChI=1S/C97H72B3N3O6S/c1-95(2,3)65-35-21-32-62-59-29-18-26-56(89(59)107-92(62)65)52-42-75-86-78(43-52)102(55-24-12-11-13-25-55)76-40-16-14-38-68(76)98(86)70-48-72-81(50-74(70)101-75)105-84-46-54(58-28-20-31-61-64-34-23-37-67(97(7,8)9)94(64)109-91(58)61)47-85-88(84)100(72)73-49-71-77(51-82(73)106-85)103(110-10)79-44-53(45-83-87(79)99(71)69-39-15-17-41-80(69)104-83)57-27-19-30-60-63-33-22-36-66(96(4,5)6)93(63)108-90(57)60/h11-51,101H,1-10H3. The van der Waals surface area contributed by atoms with Gasteiger partial charge in [-0.1, -0.05) is 238 Å². The highest BCUT2D eigenvalue weighted by Gasteiger charge is 2.49. The number of nitrogens with one attached hydrogen (secondary N) is 1. The lowest BCUT2D eigenvalue weighted by atomic mass is 9.30. The summed E-state index contributed by atoms with van der Waals surface area (Å²) in [6.45, 7) is 19.6. The van der Waals surface area contributed by atoms with E-state index in [1.165, 1.54) is 22.1 Å². The Bertz CT molecular complexity index is 6970. The Kier molecular flexibility index (Phi) is 13.1. The molecule has 0 unspecified atom stereocenters. The predicted molar refractivity (Wildman–Crippen MR) is 461 cm³/mol. The summed E-state index contributed by atoms with van der Waals surface area (Å²) >= 11 is 1.69. The zero-order valence-corrected chi connectivity index (χ0v) is 63.5. The lowest BCUT2D eigenvalue weighted by Crippen LogP contribution is -2.64. The van der Waals surface area contributed by atoms with Crippen LogP contribution in [0.15, 0.2) is 262 Å². The summed E-state index contributed by atoms with van der Waals surface area (Å²) in [5.41, 5.74) is 31.9. The molecule has 9 heterocycles. The van der Waals surface area contributed by atoms with E-state index in [0.29, 0.717) is 0 Å². The number of nitrogens with zero attached hydrogens (tertiary/aromatic N) is 2. The van der Waals surface area contributed by atoms with Crippen LogP contribution in [-0.4, -0.2) is 26.4 Å². The Morgan fingerprint density at radius 3 is 1.29 bits per heavy atom. The first-order chi connectivity index (χ1) is 53.4. The fourth-order valence-corrected chi connectivity index (χ4v) is 20.1. The van der Waals surface area contributed by atoms with Gasteiger partial charge in [-0.3, -0.25) is 4.31 Å². The van der Waals surface area contributed by atoms with E-state index in [-0.39, 0.29) is 36.4 Å². The molecule has 0 amide bonds. The third-order valence-electron chi connectivity index (χ3n) is 24.3. The van der Waals surface area contributed by atoms with E-state index in [0.717, 1.165) is 217 Å². The highest BCUT2D eigenvalue weighted by molar-refractivity contribution is 8.00. The second-order valence-corrected chi connectivity index (χ2v) is 34.5. The fourth-order valence-electron chi connectivity index (χ4n) is 19.4. The summed E-state index contributed by atoms with van der Waals surface area (Å²) in [5.74, 6) is 4.67. The number of ether oxygens (including phenoxy) is 3. The van der Waals surface area contributed by atoms with Gasteiger partial charge in [0.05, 0.1) is 11.4 Å². The minimum atomic E-state index is -0.344. The Hall–Kier alpha value is -12.2. The van der Waals surface area contributed by atoms with E-state index in [1.54, 1.807) is 11.9 Å². The molecule has 0 bridgehead atoms. The summed E-state index contributed by atoms with van der Waals surface area (Å²) in [7, 11) is 0. The number of furan rings is 3. The molecular formula is C97H72B3N3O6S. The molecule has 6 aliphatic heterocycles. The highest BCUT2D eigenvalue weighted by atomic mass is 32.2. The van der Waals surface area contributed by atoms with Gasteiger partial charge in [0.2, 0.25) is 0 Å². The highest BCUT2D eigenvalue weighted by Crippen LogP contribution is 2.51. The molecule has 0 fully saturated rings. The number of hydrogen-bond donors (Lipinski definition) is 1. The summed E-state index contributed by atoms with van der Waals surface area (Å²) in [4.78, 5) is 2.46. The first-order valence-electron chi connectivity index (χ1n) is 38.3. The Morgan fingerprint density at radius 2 is 0.736 bits per heavy atom. The summed E-state index contributed by atoms with van der Waals surface area (Å²) in [6.07, 6.45) is 2.17. The molecule has 23 rings (SSSR count). The topological polar surface area (TPSA) is 85.6 Å². The SMILES string of the molecule is CSN1c2cc3c(cc2B2c4ccccc4Oc4cc(-c5cccc6c5oc5c(C(C)(C)C)cccc56)cc1c42)B1c2cc4c(cc2Oc2cc(-c5cccc6c5oc5c(C(C)(C)C)cccc56)cc(c21)O3)Nc1cc(-c2cccc3c2oc2c(C(C)(C)C)cccc23)cc2c1B4c1ccccc1N2c1ccccc1. The lowest BCUT2D eigenvalue weighted by Gasteiger charge is -2.42. The second kappa shape index (κ2) is 22.5. The zero-order chi connectivity index (χ0) is 73.9. The zero-order valence-electron chi connectivity index (χ0n) is 62.7. The van der Waals surface area contributed by atoms with Crippen LogP contribution < -0.4 is 77.9 Å². The van der Waals surface area contributed by atoms with Crippen molar-refractivity contribution in [1.82, 2.24) is 0 Å². The maximum Gasteiger partial charge on any atom is 0.260 e. The third-order valence-corrected chi connectivity index (χ3v) is 25.0. The van der Waals surface area contributed by atoms with Gasteiger partial charge in [0.25, 0.3) is 20.1 Å². The Labute approximate surface area is 642 Å². The molecule has 0 radical (unpaired) electrons. The molecule has 0 aliphatic carbocycles. The first kappa shape index (κ1) is 63.9. The number of rotatable bonds is 5. The van der Waals surface area contributed by atoms with Gasteiger partial charge in [0, 0.05) is 118 Å². The molecule has 3 aromatic heterocycles. The Morgan fingerprint density at radius 1 is 0.300 bits per heavy atom. The molecule has 14 aromatic carbocycles. The van der Waals surface area contributed by atoms with E-state index in [2.05, 4.69) is 332 Å². The average Bonchev–Trinajstić information content (AvgIpc) is 1.29. The molecule has 0 atom stereocenters. The van der Waals surface area contributed by atoms with Crippen molar-refractivity contribution >= 4 is 187 Å². The molecule has 0 saturated carbocycles. The van der Waals surface area contributed by atoms with Crippen LogP contribution in [0.4, 0.5) is 39.8 Å². The van der Waals surface area contributed by atoms with Crippen LogP contribution >= 0.6 is 11.9 Å². The van der Waals surface area contributed by atoms with E-state index in [4.69, 9.17) is 27.5 Å². The smallest absolute Gasteiger partial charge is 0.260 e. The number of anilines is 7. The van der Waals surface area contributed by atoms with Crippen molar-refractivity contribution < 1.29 is 27.5 Å². The van der Waals surface area contributed by atoms with E-state index >= 15 is 0 Å². The van der Waals surface area contributed by atoms with Crippen LogP contribution in [0.2, 0.25) is 0 Å². The van der Waals surface area contributed by atoms with Crippen molar-refractivity contribution in [1.29, 1.82) is 0 Å².